The molecule has 0 aromatic carbocycles. The molecule has 2 aliphatic rings. The summed E-state index contributed by atoms with van der Waals surface area (Å²) in [5.74, 6) is 1.83. The average Bonchev–Trinajstić information content (AvgIpc) is 2.55. The van der Waals surface area contributed by atoms with Crippen LogP contribution in [0.1, 0.15) is 27.7 Å². The number of hydrogen-bond donors (Lipinski definition) is 1. The summed E-state index contributed by atoms with van der Waals surface area (Å²) in [5.41, 5.74) is 6.35. The van der Waals surface area contributed by atoms with Gasteiger partial charge in [-0.25, -0.2) is 0 Å². The second kappa shape index (κ2) is 3.21. The van der Waals surface area contributed by atoms with Crippen LogP contribution in [0.4, 0.5) is 0 Å². The molecule has 3 atom stereocenters. The van der Waals surface area contributed by atoms with Crippen LogP contribution < -0.4 is 5.73 Å². The van der Waals surface area contributed by atoms with Crippen molar-refractivity contribution < 1.29 is 4.79 Å². The van der Waals surface area contributed by atoms with Crippen LogP contribution >= 0.6 is 0 Å². The molecule has 0 bridgehead atoms. The van der Waals surface area contributed by atoms with Gasteiger partial charge in [0.1, 0.15) is 0 Å². The molecule has 2 fully saturated rings. The summed E-state index contributed by atoms with van der Waals surface area (Å²) in [6, 6.07) is -0.314. The first-order chi connectivity index (χ1) is 6.85. The molecule has 3 nitrogen and oxygen atoms in total. The van der Waals surface area contributed by atoms with Crippen LogP contribution in [0.15, 0.2) is 0 Å². The van der Waals surface area contributed by atoms with Crippen molar-refractivity contribution >= 4 is 5.91 Å². The van der Waals surface area contributed by atoms with Crippen LogP contribution in [0.5, 0.6) is 0 Å². The number of nitrogens with zero attached hydrogens (tertiary/aromatic N) is 1. The zero-order chi connectivity index (χ0) is 11.4. The van der Waals surface area contributed by atoms with E-state index in [1.807, 2.05) is 18.7 Å². The molecular formula is C12H22N2O. The summed E-state index contributed by atoms with van der Waals surface area (Å²) in [7, 11) is 0. The number of hydrogen-bond acceptors (Lipinski definition) is 2. The fourth-order valence-electron chi connectivity index (χ4n) is 2.81. The summed E-state index contributed by atoms with van der Waals surface area (Å²) >= 11 is 0. The summed E-state index contributed by atoms with van der Waals surface area (Å²) in [6.45, 7) is 10.5. The van der Waals surface area contributed by atoms with Crippen molar-refractivity contribution in [3.63, 3.8) is 0 Å². The van der Waals surface area contributed by atoms with Gasteiger partial charge in [0.25, 0.3) is 0 Å². The van der Waals surface area contributed by atoms with E-state index in [0.717, 1.165) is 24.9 Å². The Labute approximate surface area is 92.0 Å². The summed E-state index contributed by atoms with van der Waals surface area (Å²) in [4.78, 5) is 13.9. The molecule has 1 saturated carbocycles. The molecule has 3 heteroatoms. The molecule has 3 unspecified atom stereocenters. The molecule has 2 N–H and O–H groups in total. The van der Waals surface area contributed by atoms with Gasteiger partial charge >= 0.3 is 0 Å². The largest absolute Gasteiger partial charge is 0.341 e. The van der Waals surface area contributed by atoms with Crippen LogP contribution in [0.25, 0.3) is 0 Å². The van der Waals surface area contributed by atoms with Gasteiger partial charge in [-0.2, -0.15) is 0 Å². The standard InChI is InChI=1S/C12H22N2O/c1-7(2)10(13)11(15)14-5-8-9(6-14)12(8,3)4/h7-10H,5-6,13H2,1-4H3. The Kier molecular flexibility index (Phi) is 2.34. The third-order valence-corrected chi connectivity index (χ3v) is 4.44. The molecule has 0 aromatic heterocycles. The Morgan fingerprint density at radius 1 is 1.33 bits per heavy atom. The topological polar surface area (TPSA) is 46.3 Å². The smallest absolute Gasteiger partial charge is 0.239 e. The maximum atomic E-state index is 12.0. The molecule has 1 amide bonds. The highest BCUT2D eigenvalue weighted by Gasteiger charge is 2.62. The summed E-state index contributed by atoms with van der Waals surface area (Å²) < 4.78 is 0. The van der Waals surface area contributed by atoms with Crippen LogP contribution in [-0.2, 0) is 4.79 Å². The Balaban J connectivity index is 1.92. The molecular weight excluding hydrogens is 188 g/mol. The van der Waals surface area contributed by atoms with Gasteiger partial charge in [0.2, 0.25) is 5.91 Å². The minimum absolute atomic E-state index is 0.146. The van der Waals surface area contributed by atoms with E-state index in [-0.39, 0.29) is 17.9 Å². The quantitative estimate of drug-likeness (QED) is 0.741. The number of carbonyl (C=O) groups is 1. The first kappa shape index (κ1) is 10.9. The number of fused-ring (bicyclic) bond motifs is 1. The van der Waals surface area contributed by atoms with Crippen molar-refractivity contribution in [2.75, 3.05) is 13.1 Å². The van der Waals surface area contributed by atoms with E-state index in [1.165, 1.54) is 0 Å². The van der Waals surface area contributed by atoms with Gasteiger partial charge in [-0.1, -0.05) is 27.7 Å². The number of carbonyl (C=O) groups excluding carboxylic acids is 1. The average molecular weight is 210 g/mol. The second-order valence-corrected chi connectivity index (χ2v) is 6.05. The fourth-order valence-corrected chi connectivity index (χ4v) is 2.81. The Hall–Kier alpha value is -0.570. The summed E-state index contributed by atoms with van der Waals surface area (Å²) in [5, 5.41) is 0. The third kappa shape index (κ3) is 1.57. The highest BCUT2D eigenvalue weighted by Crippen LogP contribution is 2.61. The molecule has 1 saturated heterocycles. The zero-order valence-electron chi connectivity index (χ0n) is 10.2. The van der Waals surface area contributed by atoms with Gasteiger partial charge in [-0.15, -0.1) is 0 Å². The first-order valence-corrected chi connectivity index (χ1v) is 5.90. The third-order valence-electron chi connectivity index (χ3n) is 4.44. The van der Waals surface area contributed by atoms with E-state index >= 15 is 0 Å². The highest BCUT2D eigenvalue weighted by molar-refractivity contribution is 5.82. The molecule has 0 radical (unpaired) electrons. The number of rotatable bonds is 2. The van der Waals surface area contributed by atoms with E-state index in [4.69, 9.17) is 5.73 Å². The van der Waals surface area contributed by atoms with Crippen molar-refractivity contribution in [1.82, 2.24) is 4.90 Å². The molecule has 0 spiro atoms. The monoisotopic (exact) mass is 210 g/mol. The molecule has 1 aliphatic carbocycles. The lowest BCUT2D eigenvalue weighted by atomic mass is 10.0. The van der Waals surface area contributed by atoms with E-state index in [9.17, 15) is 4.79 Å². The second-order valence-electron chi connectivity index (χ2n) is 6.05. The van der Waals surface area contributed by atoms with Gasteiger partial charge < -0.3 is 10.6 Å². The predicted octanol–water partition coefficient (Wildman–Crippen LogP) is 1.08. The number of piperidine rings is 1. The highest BCUT2D eigenvalue weighted by atomic mass is 16.2. The zero-order valence-corrected chi connectivity index (χ0v) is 10.2. The lowest BCUT2D eigenvalue weighted by molar-refractivity contribution is -0.133. The Bertz CT molecular complexity index is 271. The van der Waals surface area contributed by atoms with Gasteiger partial charge in [0.05, 0.1) is 6.04 Å². The van der Waals surface area contributed by atoms with Gasteiger partial charge in [-0.3, -0.25) is 4.79 Å². The van der Waals surface area contributed by atoms with E-state index in [1.54, 1.807) is 0 Å². The van der Waals surface area contributed by atoms with Crippen molar-refractivity contribution in [3.05, 3.63) is 0 Å². The predicted molar refractivity (Wildman–Crippen MR) is 60.2 cm³/mol. The lowest BCUT2D eigenvalue weighted by Gasteiger charge is -2.26. The molecule has 2 rings (SSSR count). The molecule has 1 aliphatic heterocycles. The van der Waals surface area contributed by atoms with E-state index < -0.39 is 0 Å². The van der Waals surface area contributed by atoms with Crippen LogP contribution in [0.2, 0.25) is 0 Å². The lowest BCUT2D eigenvalue weighted by Crippen LogP contribution is -2.46. The minimum Gasteiger partial charge on any atom is -0.341 e. The molecule has 1 heterocycles. The minimum atomic E-state index is -0.314. The van der Waals surface area contributed by atoms with Crippen LogP contribution in [0, 0.1) is 23.2 Å². The van der Waals surface area contributed by atoms with E-state index in [2.05, 4.69) is 13.8 Å². The molecule has 0 aromatic rings. The summed E-state index contributed by atoms with van der Waals surface area (Å²) in [6.07, 6.45) is 0. The number of amides is 1. The van der Waals surface area contributed by atoms with Crippen molar-refractivity contribution in [2.45, 2.75) is 33.7 Å². The Morgan fingerprint density at radius 3 is 2.20 bits per heavy atom. The van der Waals surface area contributed by atoms with Crippen LogP contribution in [-0.4, -0.2) is 29.9 Å². The molecule has 86 valence electrons. The van der Waals surface area contributed by atoms with Gasteiger partial charge in [0, 0.05) is 13.1 Å². The normalized spacial score (nSPS) is 34.1. The van der Waals surface area contributed by atoms with Gasteiger partial charge in [0.15, 0.2) is 0 Å². The van der Waals surface area contributed by atoms with Gasteiger partial charge in [-0.05, 0) is 23.2 Å². The van der Waals surface area contributed by atoms with E-state index in [0.29, 0.717) is 5.41 Å². The van der Waals surface area contributed by atoms with Crippen LogP contribution in [0.3, 0.4) is 0 Å². The number of likely N-dealkylation sites (tertiary alicyclic amines) is 1. The van der Waals surface area contributed by atoms with Crippen molar-refractivity contribution in [2.24, 2.45) is 28.9 Å². The fraction of sp³-hybridized carbons (Fsp3) is 0.917. The molecule has 15 heavy (non-hydrogen) atoms. The SMILES string of the molecule is CC(C)C(N)C(=O)N1CC2C(C1)C2(C)C. The Morgan fingerprint density at radius 2 is 1.80 bits per heavy atom. The first-order valence-electron chi connectivity index (χ1n) is 5.90. The maximum absolute atomic E-state index is 12.0. The van der Waals surface area contributed by atoms with Crippen molar-refractivity contribution in [1.29, 1.82) is 0 Å². The van der Waals surface area contributed by atoms with Crippen molar-refractivity contribution in [3.8, 4) is 0 Å². The number of nitrogens with two attached hydrogens (primary N) is 1. The maximum Gasteiger partial charge on any atom is 0.239 e.